The van der Waals surface area contributed by atoms with Gasteiger partial charge in [-0.25, -0.2) is 0 Å². The molecule has 25 heavy (non-hydrogen) atoms. The molecule has 1 aromatic carbocycles. The van der Waals surface area contributed by atoms with Crippen LogP contribution >= 0.6 is 11.6 Å². The molecule has 0 unspecified atom stereocenters. The van der Waals surface area contributed by atoms with Gasteiger partial charge >= 0.3 is 0 Å². The third-order valence-electron chi connectivity index (χ3n) is 3.71. The summed E-state index contributed by atoms with van der Waals surface area (Å²) < 4.78 is 11.0. The summed E-state index contributed by atoms with van der Waals surface area (Å²) in [6.45, 7) is 5.32. The molecule has 0 saturated heterocycles. The van der Waals surface area contributed by atoms with Crippen LogP contribution in [0.3, 0.4) is 0 Å². The van der Waals surface area contributed by atoms with Crippen LogP contribution in [0.1, 0.15) is 37.0 Å². The first-order valence-corrected chi connectivity index (χ1v) is 8.86. The van der Waals surface area contributed by atoms with E-state index in [1.807, 2.05) is 13.8 Å². The SMILES string of the molecule is COc1cc(C(=O)NCCNC(=O)C2CC2)cc(Cl)c1OCC(C)C. The fourth-order valence-electron chi connectivity index (χ4n) is 2.19. The number of carbonyl (C=O) groups excluding carboxylic acids is 2. The van der Waals surface area contributed by atoms with Crippen LogP contribution < -0.4 is 20.1 Å². The number of benzene rings is 1. The Morgan fingerprint density at radius 2 is 1.92 bits per heavy atom. The molecule has 0 aliphatic heterocycles. The molecule has 0 atom stereocenters. The van der Waals surface area contributed by atoms with E-state index in [-0.39, 0.29) is 17.7 Å². The average Bonchev–Trinajstić information content (AvgIpc) is 3.41. The van der Waals surface area contributed by atoms with Crippen LogP contribution in [-0.2, 0) is 4.79 Å². The van der Waals surface area contributed by atoms with Crippen LogP contribution in [0, 0.1) is 11.8 Å². The first-order valence-electron chi connectivity index (χ1n) is 8.48. The minimum absolute atomic E-state index is 0.0608. The highest BCUT2D eigenvalue weighted by molar-refractivity contribution is 6.32. The molecule has 2 amide bonds. The predicted octanol–water partition coefficient (Wildman–Crippen LogP) is 2.64. The fourth-order valence-corrected chi connectivity index (χ4v) is 2.46. The third-order valence-corrected chi connectivity index (χ3v) is 3.99. The second-order valence-corrected chi connectivity index (χ2v) is 6.92. The Morgan fingerprint density at radius 1 is 1.24 bits per heavy atom. The summed E-state index contributed by atoms with van der Waals surface area (Å²) in [6, 6.07) is 3.15. The lowest BCUT2D eigenvalue weighted by molar-refractivity contribution is -0.122. The van der Waals surface area contributed by atoms with Crippen molar-refractivity contribution in [2.45, 2.75) is 26.7 Å². The Morgan fingerprint density at radius 3 is 2.52 bits per heavy atom. The van der Waals surface area contributed by atoms with Gasteiger partial charge in [-0.05, 0) is 30.9 Å². The fraction of sp³-hybridized carbons (Fsp3) is 0.556. The average molecular weight is 369 g/mol. The van der Waals surface area contributed by atoms with E-state index in [1.54, 1.807) is 12.1 Å². The molecule has 1 aliphatic carbocycles. The van der Waals surface area contributed by atoms with Gasteiger partial charge < -0.3 is 20.1 Å². The molecule has 0 aromatic heterocycles. The van der Waals surface area contributed by atoms with Gasteiger partial charge in [-0.1, -0.05) is 25.4 Å². The minimum atomic E-state index is -0.281. The van der Waals surface area contributed by atoms with Gasteiger partial charge in [-0.15, -0.1) is 0 Å². The van der Waals surface area contributed by atoms with Crippen molar-refractivity contribution in [3.63, 3.8) is 0 Å². The van der Waals surface area contributed by atoms with Crippen molar-refractivity contribution in [1.82, 2.24) is 10.6 Å². The van der Waals surface area contributed by atoms with Crippen LogP contribution in [0.2, 0.25) is 5.02 Å². The van der Waals surface area contributed by atoms with E-state index in [0.717, 1.165) is 12.8 Å². The molecule has 7 heteroatoms. The van der Waals surface area contributed by atoms with E-state index in [0.29, 0.717) is 47.7 Å². The van der Waals surface area contributed by atoms with E-state index in [1.165, 1.54) is 7.11 Å². The molecular weight excluding hydrogens is 344 g/mol. The van der Waals surface area contributed by atoms with Crippen LogP contribution in [0.15, 0.2) is 12.1 Å². The van der Waals surface area contributed by atoms with E-state index >= 15 is 0 Å². The Balaban J connectivity index is 1.91. The van der Waals surface area contributed by atoms with Crippen LogP contribution in [0.5, 0.6) is 11.5 Å². The highest BCUT2D eigenvalue weighted by Crippen LogP contribution is 2.36. The Labute approximate surface area is 153 Å². The molecule has 2 rings (SSSR count). The Kier molecular flexibility index (Phi) is 6.93. The van der Waals surface area contributed by atoms with Crippen molar-refractivity contribution in [1.29, 1.82) is 0 Å². The Bertz CT molecular complexity index is 630. The van der Waals surface area contributed by atoms with Crippen molar-refractivity contribution >= 4 is 23.4 Å². The summed E-state index contributed by atoms with van der Waals surface area (Å²) in [6.07, 6.45) is 1.92. The summed E-state index contributed by atoms with van der Waals surface area (Å²) in [5, 5.41) is 5.88. The number of carbonyl (C=O) groups is 2. The van der Waals surface area contributed by atoms with E-state index < -0.39 is 0 Å². The van der Waals surface area contributed by atoms with Crippen molar-refractivity contribution < 1.29 is 19.1 Å². The number of amides is 2. The van der Waals surface area contributed by atoms with Crippen molar-refractivity contribution in [3.05, 3.63) is 22.7 Å². The van der Waals surface area contributed by atoms with Gasteiger partial charge in [0.2, 0.25) is 5.91 Å². The summed E-state index contributed by atoms with van der Waals surface area (Å²) in [7, 11) is 1.50. The van der Waals surface area contributed by atoms with Crippen molar-refractivity contribution in [2.75, 3.05) is 26.8 Å². The highest BCUT2D eigenvalue weighted by Gasteiger charge is 2.29. The van der Waals surface area contributed by atoms with E-state index in [2.05, 4.69) is 10.6 Å². The van der Waals surface area contributed by atoms with Gasteiger partial charge in [0.25, 0.3) is 5.91 Å². The molecule has 0 bridgehead atoms. The first kappa shape index (κ1) is 19.4. The number of ether oxygens (including phenoxy) is 2. The first-order chi connectivity index (χ1) is 11.9. The third kappa shape index (κ3) is 5.81. The smallest absolute Gasteiger partial charge is 0.251 e. The largest absolute Gasteiger partial charge is 0.493 e. The zero-order chi connectivity index (χ0) is 18.4. The van der Waals surface area contributed by atoms with Crippen molar-refractivity contribution in [3.8, 4) is 11.5 Å². The molecule has 0 radical (unpaired) electrons. The molecule has 1 saturated carbocycles. The molecule has 1 aromatic rings. The van der Waals surface area contributed by atoms with Gasteiger partial charge in [-0.2, -0.15) is 0 Å². The molecule has 0 heterocycles. The number of nitrogens with one attached hydrogen (secondary N) is 2. The van der Waals surface area contributed by atoms with Gasteiger partial charge in [0, 0.05) is 24.6 Å². The number of methoxy groups -OCH3 is 1. The molecular formula is C18H25ClN2O4. The topological polar surface area (TPSA) is 76.7 Å². The maximum absolute atomic E-state index is 12.3. The van der Waals surface area contributed by atoms with Gasteiger partial charge in [0.1, 0.15) is 0 Å². The molecule has 1 fully saturated rings. The highest BCUT2D eigenvalue weighted by atomic mass is 35.5. The molecule has 138 valence electrons. The lowest BCUT2D eigenvalue weighted by Gasteiger charge is -2.15. The van der Waals surface area contributed by atoms with Crippen LogP contribution in [0.4, 0.5) is 0 Å². The summed E-state index contributed by atoms with van der Waals surface area (Å²) in [4.78, 5) is 23.8. The zero-order valence-corrected chi connectivity index (χ0v) is 15.6. The minimum Gasteiger partial charge on any atom is -0.493 e. The van der Waals surface area contributed by atoms with E-state index in [4.69, 9.17) is 21.1 Å². The maximum Gasteiger partial charge on any atom is 0.251 e. The number of rotatable bonds is 9. The quantitative estimate of drug-likeness (QED) is 0.657. The summed E-state index contributed by atoms with van der Waals surface area (Å²) in [5.74, 6) is 1.14. The van der Waals surface area contributed by atoms with Crippen molar-refractivity contribution in [2.24, 2.45) is 11.8 Å². The second kappa shape index (κ2) is 8.94. The van der Waals surface area contributed by atoms with Gasteiger partial charge in [0.15, 0.2) is 11.5 Å². The summed E-state index contributed by atoms with van der Waals surface area (Å²) >= 11 is 6.24. The molecule has 2 N–H and O–H groups in total. The van der Waals surface area contributed by atoms with Gasteiger partial charge in [-0.3, -0.25) is 9.59 Å². The molecule has 0 spiro atoms. The van der Waals surface area contributed by atoms with Gasteiger partial charge in [0.05, 0.1) is 18.7 Å². The normalized spacial score (nSPS) is 13.5. The lowest BCUT2D eigenvalue weighted by Crippen LogP contribution is -2.35. The summed E-state index contributed by atoms with van der Waals surface area (Å²) in [5.41, 5.74) is 0.382. The molecule has 1 aliphatic rings. The lowest BCUT2D eigenvalue weighted by atomic mass is 10.2. The zero-order valence-electron chi connectivity index (χ0n) is 14.9. The van der Waals surface area contributed by atoms with E-state index in [9.17, 15) is 9.59 Å². The molecule has 6 nitrogen and oxygen atoms in total. The standard InChI is InChI=1S/C18H25ClN2O4/c1-11(2)10-25-16-14(19)8-13(9-15(16)24-3)18(23)21-7-6-20-17(22)12-4-5-12/h8-9,11-12H,4-7,10H2,1-3H3,(H,20,22)(H,21,23). The monoisotopic (exact) mass is 368 g/mol. The number of hydrogen-bond donors (Lipinski definition) is 2. The second-order valence-electron chi connectivity index (χ2n) is 6.52. The Hall–Kier alpha value is -1.95. The van der Waals surface area contributed by atoms with Crippen LogP contribution in [-0.4, -0.2) is 38.6 Å². The predicted molar refractivity (Wildman–Crippen MR) is 96.4 cm³/mol. The van der Waals surface area contributed by atoms with Crippen LogP contribution in [0.25, 0.3) is 0 Å². The maximum atomic E-state index is 12.3. The number of hydrogen-bond acceptors (Lipinski definition) is 4. The number of halogens is 1.